The van der Waals surface area contributed by atoms with Crippen LogP contribution in [-0.2, 0) is 9.53 Å². The van der Waals surface area contributed by atoms with Crippen molar-refractivity contribution in [2.45, 2.75) is 53.0 Å². The van der Waals surface area contributed by atoms with Crippen LogP contribution >= 0.6 is 0 Å². The van der Waals surface area contributed by atoms with E-state index in [9.17, 15) is 4.79 Å². The molecule has 1 heterocycles. The zero-order valence-corrected chi connectivity index (χ0v) is 12.4. The molecule has 3 nitrogen and oxygen atoms in total. The van der Waals surface area contributed by atoms with Gasteiger partial charge in [-0.25, -0.2) is 0 Å². The first-order valence-electron chi connectivity index (χ1n) is 7.35. The van der Waals surface area contributed by atoms with E-state index >= 15 is 0 Å². The molecule has 0 radical (unpaired) electrons. The fourth-order valence-corrected chi connectivity index (χ4v) is 2.90. The highest BCUT2D eigenvalue weighted by Crippen LogP contribution is 2.29. The highest BCUT2D eigenvalue weighted by atomic mass is 16.5. The quantitative estimate of drug-likeness (QED) is 0.625. The third kappa shape index (κ3) is 4.06. The zero-order chi connectivity index (χ0) is 13.6. The minimum Gasteiger partial charge on any atom is -0.380 e. The summed E-state index contributed by atoms with van der Waals surface area (Å²) in [7, 11) is 0. The molecule has 1 unspecified atom stereocenters. The fourth-order valence-electron chi connectivity index (χ4n) is 2.90. The van der Waals surface area contributed by atoms with Crippen LogP contribution < -0.4 is 0 Å². The Labute approximate surface area is 112 Å². The van der Waals surface area contributed by atoms with Crippen molar-refractivity contribution < 1.29 is 9.53 Å². The summed E-state index contributed by atoms with van der Waals surface area (Å²) in [6, 6.07) is 0.588. The van der Waals surface area contributed by atoms with Crippen LogP contribution in [0.4, 0.5) is 0 Å². The number of aldehydes is 1. The summed E-state index contributed by atoms with van der Waals surface area (Å²) < 4.78 is 5.45. The zero-order valence-electron chi connectivity index (χ0n) is 12.4. The Kier molecular flexibility index (Phi) is 6.30. The minimum atomic E-state index is -0.252. The van der Waals surface area contributed by atoms with E-state index in [1.807, 2.05) is 0 Å². The van der Waals surface area contributed by atoms with Crippen molar-refractivity contribution in [1.29, 1.82) is 0 Å². The fraction of sp³-hybridized carbons (Fsp3) is 0.933. The summed E-state index contributed by atoms with van der Waals surface area (Å²) in [6.07, 6.45) is 4.32. The van der Waals surface area contributed by atoms with Crippen LogP contribution in [0, 0.1) is 11.3 Å². The molecule has 0 aromatic carbocycles. The summed E-state index contributed by atoms with van der Waals surface area (Å²) in [5.41, 5.74) is -0.252. The van der Waals surface area contributed by atoms with Crippen molar-refractivity contribution in [3.05, 3.63) is 0 Å². The lowest BCUT2D eigenvalue weighted by atomic mass is 9.87. The van der Waals surface area contributed by atoms with Gasteiger partial charge in [0.25, 0.3) is 0 Å². The molecule has 0 bridgehead atoms. The number of ether oxygens (including phenoxy) is 1. The largest absolute Gasteiger partial charge is 0.380 e. The molecule has 0 amide bonds. The summed E-state index contributed by atoms with van der Waals surface area (Å²) in [5.74, 6) is 0.636. The first-order valence-corrected chi connectivity index (χ1v) is 7.35. The van der Waals surface area contributed by atoms with Gasteiger partial charge in [0.1, 0.15) is 6.29 Å². The molecule has 1 fully saturated rings. The smallest absolute Gasteiger partial charge is 0.129 e. The van der Waals surface area contributed by atoms with E-state index in [-0.39, 0.29) is 5.41 Å². The van der Waals surface area contributed by atoms with Gasteiger partial charge in [0, 0.05) is 25.7 Å². The van der Waals surface area contributed by atoms with Crippen molar-refractivity contribution >= 4 is 6.29 Å². The average Bonchev–Trinajstić information content (AvgIpc) is 2.79. The molecule has 0 aromatic heterocycles. The Balaban J connectivity index is 2.72. The average molecular weight is 255 g/mol. The molecule has 1 saturated heterocycles. The van der Waals surface area contributed by atoms with Gasteiger partial charge in [-0.2, -0.15) is 0 Å². The minimum absolute atomic E-state index is 0.252. The van der Waals surface area contributed by atoms with Gasteiger partial charge < -0.3 is 9.53 Å². The highest BCUT2D eigenvalue weighted by molar-refractivity contribution is 5.60. The van der Waals surface area contributed by atoms with Crippen LogP contribution in [0.1, 0.15) is 47.0 Å². The second-order valence-corrected chi connectivity index (χ2v) is 6.08. The molecule has 3 heteroatoms. The van der Waals surface area contributed by atoms with E-state index in [2.05, 4.69) is 32.6 Å². The predicted octanol–water partition coefficient (Wildman–Crippen LogP) is 2.74. The highest BCUT2D eigenvalue weighted by Gasteiger charge is 2.37. The van der Waals surface area contributed by atoms with Crippen LogP contribution in [-0.4, -0.2) is 43.5 Å². The normalized spacial score (nSPS) is 24.4. The number of carbonyl (C=O) groups is 1. The van der Waals surface area contributed by atoms with Crippen LogP contribution in [0.5, 0.6) is 0 Å². The van der Waals surface area contributed by atoms with E-state index in [1.165, 1.54) is 0 Å². The predicted molar refractivity (Wildman–Crippen MR) is 74.7 cm³/mol. The maximum atomic E-state index is 11.4. The SMILES string of the molecule is CCC(CC)N(CC(C)C)CC1(C=O)CCOC1. The molecule has 0 saturated carbocycles. The van der Waals surface area contributed by atoms with Crippen molar-refractivity contribution in [3.8, 4) is 0 Å². The van der Waals surface area contributed by atoms with Crippen LogP contribution in [0.3, 0.4) is 0 Å². The third-order valence-corrected chi connectivity index (χ3v) is 3.96. The topological polar surface area (TPSA) is 29.5 Å². The molecule has 0 spiro atoms. The van der Waals surface area contributed by atoms with Crippen molar-refractivity contribution in [2.24, 2.45) is 11.3 Å². The summed E-state index contributed by atoms with van der Waals surface area (Å²) in [4.78, 5) is 14.0. The Morgan fingerprint density at radius 1 is 1.33 bits per heavy atom. The van der Waals surface area contributed by atoms with Gasteiger partial charge in [-0.15, -0.1) is 0 Å². The van der Waals surface area contributed by atoms with E-state index in [0.29, 0.717) is 18.6 Å². The Bertz CT molecular complexity index is 243. The molecular weight excluding hydrogens is 226 g/mol. The number of hydrogen-bond donors (Lipinski definition) is 0. The first-order chi connectivity index (χ1) is 8.56. The van der Waals surface area contributed by atoms with E-state index in [4.69, 9.17) is 4.74 Å². The lowest BCUT2D eigenvalue weighted by Crippen LogP contribution is -2.46. The molecule has 1 aliphatic heterocycles. The maximum absolute atomic E-state index is 11.4. The van der Waals surface area contributed by atoms with Crippen molar-refractivity contribution in [1.82, 2.24) is 4.90 Å². The van der Waals surface area contributed by atoms with E-state index in [1.54, 1.807) is 0 Å². The number of carbonyl (C=O) groups excluding carboxylic acids is 1. The monoisotopic (exact) mass is 255 g/mol. The first kappa shape index (κ1) is 15.6. The molecule has 1 rings (SSSR count). The number of nitrogens with zero attached hydrogens (tertiary/aromatic N) is 1. The third-order valence-electron chi connectivity index (χ3n) is 3.96. The molecule has 0 aliphatic carbocycles. The van der Waals surface area contributed by atoms with Crippen LogP contribution in [0.2, 0.25) is 0 Å². The standard InChI is InChI=1S/C15H29NO2/c1-5-14(6-2)16(9-13(3)4)10-15(11-17)7-8-18-12-15/h11,13-14H,5-10,12H2,1-4H3. The molecular formula is C15H29NO2. The summed E-state index contributed by atoms with van der Waals surface area (Å²) in [5, 5.41) is 0. The Hall–Kier alpha value is -0.410. The van der Waals surface area contributed by atoms with Gasteiger partial charge >= 0.3 is 0 Å². The van der Waals surface area contributed by atoms with Gasteiger partial charge in [0.05, 0.1) is 12.0 Å². The number of rotatable bonds is 8. The van der Waals surface area contributed by atoms with Crippen molar-refractivity contribution in [3.63, 3.8) is 0 Å². The molecule has 0 N–H and O–H groups in total. The van der Waals surface area contributed by atoms with E-state index in [0.717, 1.165) is 45.2 Å². The second kappa shape index (κ2) is 7.25. The Morgan fingerprint density at radius 2 is 2.00 bits per heavy atom. The molecule has 106 valence electrons. The Morgan fingerprint density at radius 3 is 2.39 bits per heavy atom. The molecule has 18 heavy (non-hydrogen) atoms. The number of hydrogen-bond acceptors (Lipinski definition) is 3. The summed E-state index contributed by atoms with van der Waals surface area (Å²) in [6.45, 7) is 12.2. The second-order valence-electron chi connectivity index (χ2n) is 6.08. The lowest BCUT2D eigenvalue weighted by Gasteiger charge is -2.36. The molecule has 1 aliphatic rings. The van der Waals surface area contributed by atoms with Gasteiger partial charge in [0.2, 0.25) is 0 Å². The molecule has 1 atom stereocenters. The van der Waals surface area contributed by atoms with E-state index < -0.39 is 0 Å². The van der Waals surface area contributed by atoms with Gasteiger partial charge in [-0.3, -0.25) is 4.90 Å². The van der Waals surface area contributed by atoms with Gasteiger partial charge in [0.15, 0.2) is 0 Å². The van der Waals surface area contributed by atoms with Crippen LogP contribution in [0.25, 0.3) is 0 Å². The summed E-state index contributed by atoms with van der Waals surface area (Å²) >= 11 is 0. The maximum Gasteiger partial charge on any atom is 0.129 e. The lowest BCUT2D eigenvalue weighted by molar-refractivity contribution is -0.117. The van der Waals surface area contributed by atoms with Gasteiger partial charge in [-0.05, 0) is 25.2 Å². The van der Waals surface area contributed by atoms with Gasteiger partial charge in [-0.1, -0.05) is 27.7 Å². The van der Waals surface area contributed by atoms with Crippen molar-refractivity contribution in [2.75, 3.05) is 26.3 Å². The molecule has 0 aromatic rings. The van der Waals surface area contributed by atoms with Crippen LogP contribution in [0.15, 0.2) is 0 Å².